The Morgan fingerprint density at radius 2 is 2.15 bits per heavy atom. The summed E-state index contributed by atoms with van der Waals surface area (Å²) in [5.41, 5.74) is 0. The van der Waals surface area contributed by atoms with Crippen LogP contribution in [0.2, 0.25) is 0 Å². The van der Waals surface area contributed by atoms with Crippen molar-refractivity contribution >= 4 is 11.9 Å². The van der Waals surface area contributed by atoms with E-state index in [4.69, 9.17) is 9.47 Å². The van der Waals surface area contributed by atoms with Gasteiger partial charge in [0.25, 0.3) is 0 Å². The Balaban J connectivity index is 2.04. The number of hydrogen-bond acceptors (Lipinski definition) is 7. The van der Waals surface area contributed by atoms with Crippen molar-refractivity contribution < 1.29 is 9.47 Å². The summed E-state index contributed by atoms with van der Waals surface area (Å²) >= 11 is 0. The lowest BCUT2D eigenvalue weighted by Crippen LogP contribution is -2.27. The first-order chi connectivity index (χ1) is 9.72. The highest BCUT2D eigenvalue weighted by Gasteiger charge is 2.23. The molecular formula is C13H23N5O2. The van der Waals surface area contributed by atoms with Crippen LogP contribution in [0.3, 0.4) is 0 Å². The molecule has 2 atom stereocenters. The molecule has 0 radical (unpaired) electrons. The smallest absolute Gasteiger partial charge is 0.323 e. The van der Waals surface area contributed by atoms with E-state index in [1.165, 1.54) is 0 Å². The molecule has 0 aliphatic carbocycles. The van der Waals surface area contributed by atoms with E-state index in [0.717, 1.165) is 26.1 Å². The predicted molar refractivity (Wildman–Crippen MR) is 77.2 cm³/mol. The number of anilines is 2. The first-order valence-electron chi connectivity index (χ1n) is 7.13. The van der Waals surface area contributed by atoms with Crippen LogP contribution < -0.4 is 15.4 Å². The molecule has 2 rings (SSSR count). The van der Waals surface area contributed by atoms with E-state index in [1.54, 1.807) is 7.05 Å². The zero-order valence-electron chi connectivity index (χ0n) is 12.3. The highest BCUT2D eigenvalue weighted by atomic mass is 16.5. The van der Waals surface area contributed by atoms with E-state index in [2.05, 4.69) is 32.5 Å². The molecule has 112 valence electrons. The zero-order chi connectivity index (χ0) is 14.4. The Morgan fingerprint density at radius 3 is 2.80 bits per heavy atom. The molecule has 0 aromatic carbocycles. The van der Waals surface area contributed by atoms with Crippen molar-refractivity contribution in [1.82, 2.24) is 15.0 Å². The van der Waals surface area contributed by atoms with Crippen LogP contribution in [-0.2, 0) is 4.74 Å². The molecule has 1 aliphatic heterocycles. The second-order valence-electron chi connectivity index (χ2n) is 4.92. The van der Waals surface area contributed by atoms with E-state index in [0.29, 0.717) is 30.4 Å². The van der Waals surface area contributed by atoms with Gasteiger partial charge in [0.15, 0.2) is 0 Å². The molecule has 2 unspecified atom stereocenters. The van der Waals surface area contributed by atoms with Crippen molar-refractivity contribution in [3.05, 3.63) is 0 Å². The third kappa shape index (κ3) is 3.93. The molecule has 7 heteroatoms. The van der Waals surface area contributed by atoms with Crippen molar-refractivity contribution in [2.45, 2.75) is 32.7 Å². The molecule has 1 aliphatic rings. The van der Waals surface area contributed by atoms with Crippen molar-refractivity contribution in [1.29, 1.82) is 0 Å². The van der Waals surface area contributed by atoms with Crippen molar-refractivity contribution in [3.63, 3.8) is 0 Å². The summed E-state index contributed by atoms with van der Waals surface area (Å²) in [5.74, 6) is 1.53. The maximum absolute atomic E-state index is 5.48. The van der Waals surface area contributed by atoms with Crippen molar-refractivity contribution in [3.8, 4) is 6.01 Å². The Labute approximate surface area is 119 Å². The Kier molecular flexibility index (Phi) is 5.34. The van der Waals surface area contributed by atoms with E-state index >= 15 is 0 Å². The van der Waals surface area contributed by atoms with Gasteiger partial charge in [-0.2, -0.15) is 15.0 Å². The van der Waals surface area contributed by atoms with E-state index in [-0.39, 0.29) is 6.04 Å². The Bertz CT molecular complexity index is 423. The fraction of sp³-hybridized carbons (Fsp3) is 0.769. The average Bonchev–Trinajstić information content (AvgIpc) is 2.99. The van der Waals surface area contributed by atoms with Crippen LogP contribution >= 0.6 is 0 Å². The third-order valence-corrected chi connectivity index (χ3v) is 3.30. The van der Waals surface area contributed by atoms with Crippen molar-refractivity contribution in [2.24, 2.45) is 5.92 Å². The molecule has 0 amide bonds. The standard InChI is InChI=1S/C13H23N5O2/c1-4-6-20-13-17-11(14-3)16-12(18-13)15-9(2)10-5-7-19-8-10/h9-10H,4-8H2,1-3H3,(H2,14,15,16,17,18). The molecule has 20 heavy (non-hydrogen) atoms. The second-order valence-corrected chi connectivity index (χ2v) is 4.92. The second kappa shape index (κ2) is 7.23. The van der Waals surface area contributed by atoms with Crippen LogP contribution in [0.15, 0.2) is 0 Å². The van der Waals surface area contributed by atoms with Gasteiger partial charge < -0.3 is 20.1 Å². The lowest BCUT2D eigenvalue weighted by atomic mass is 10.0. The predicted octanol–water partition coefficient (Wildman–Crippen LogP) is 1.54. The monoisotopic (exact) mass is 281 g/mol. The summed E-state index contributed by atoms with van der Waals surface area (Å²) in [5, 5.41) is 6.23. The van der Waals surface area contributed by atoms with Crippen molar-refractivity contribution in [2.75, 3.05) is 37.5 Å². The fourth-order valence-electron chi connectivity index (χ4n) is 2.06. The van der Waals surface area contributed by atoms with Gasteiger partial charge >= 0.3 is 6.01 Å². The molecule has 1 saturated heterocycles. The van der Waals surface area contributed by atoms with Crippen LogP contribution in [0.5, 0.6) is 6.01 Å². The van der Waals surface area contributed by atoms with Gasteiger partial charge in [-0.25, -0.2) is 0 Å². The van der Waals surface area contributed by atoms with Crippen LogP contribution in [0, 0.1) is 5.92 Å². The molecular weight excluding hydrogens is 258 g/mol. The minimum Gasteiger partial charge on any atom is -0.463 e. The highest BCUT2D eigenvalue weighted by Crippen LogP contribution is 2.20. The van der Waals surface area contributed by atoms with E-state index in [9.17, 15) is 0 Å². The number of nitrogens with zero attached hydrogens (tertiary/aromatic N) is 3. The fourth-order valence-corrected chi connectivity index (χ4v) is 2.06. The summed E-state index contributed by atoms with van der Waals surface area (Å²) in [7, 11) is 1.77. The van der Waals surface area contributed by atoms with Gasteiger partial charge in [-0.1, -0.05) is 6.92 Å². The summed E-state index contributed by atoms with van der Waals surface area (Å²) < 4.78 is 10.9. The van der Waals surface area contributed by atoms with Gasteiger partial charge in [-0.3, -0.25) is 0 Å². The van der Waals surface area contributed by atoms with E-state index < -0.39 is 0 Å². The molecule has 1 aromatic rings. The van der Waals surface area contributed by atoms with Crippen LogP contribution in [0.25, 0.3) is 0 Å². The SMILES string of the molecule is CCCOc1nc(NC)nc(NC(C)C2CCOC2)n1. The average molecular weight is 281 g/mol. The minimum atomic E-state index is 0.253. The maximum atomic E-state index is 5.48. The Hall–Kier alpha value is -1.63. The highest BCUT2D eigenvalue weighted by molar-refractivity contribution is 5.36. The number of rotatable bonds is 7. The summed E-state index contributed by atoms with van der Waals surface area (Å²) in [6.45, 7) is 6.38. The zero-order valence-corrected chi connectivity index (χ0v) is 12.3. The topological polar surface area (TPSA) is 81.2 Å². The lowest BCUT2D eigenvalue weighted by Gasteiger charge is -2.19. The first-order valence-corrected chi connectivity index (χ1v) is 7.13. The maximum Gasteiger partial charge on any atom is 0.323 e. The quantitative estimate of drug-likeness (QED) is 0.784. The number of ether oxygens (including phenoxy) is 2. The molecule has 2 heterocycles. The Morgan fingerprint density at radius 1 is 1.35 bits per heavy atom. The first kappa shape index (κ1) is 14.8. The molecule has 0 bridgehead atoms. The summed E-state index contributed by atoms with van der Waals surface area (Å²) in [6.07, 6.45) is 1.98. The van der Waals surface area contributed by atoms with Gasteiger partial charge in [-0.15, -0.1) is 0 Å². The number of hydrogen-bond donors (Lipinski definition) is 2. The summed E-state index contributed by atoms with van der Waals surface area (Å²) in [4.78, 5) is 12.8. The molecule has 0 saturated carbocycles. The molecule has 2 N–H and O–H groups in total. The normalized spacial score (nSPS) is 19.6. The molecule has 1 aromatic heterocycles. The molecule has 1 fully saturated rings. The molecule has 0 spiro atoms. The van der Waals surface area contributed by atoms with E-state index in [1.807, 2.05) is 6.92 Å². The van der Waals surface area contributed by atoms with Gasteiger partial charge in [0.2, 0.25) is 11.9 Å². The number of nitrogens with one attached hydrogen (secondary N) is 2. The van der Waals surface area contributed by atoms with Crippen LogP contribution in [0.1, 0.15) is 26.7 Å². The van der Waals surface area contributed by atoms with Crippen LogP contribution in [0.4, 0.5) is 11.9 Å². The summed E-state index contributed by atoms with van der Waals surface area (Å²) in [6, 6.07) is 0.604. The van der Waals surface area contributed by atoms with Gasteiger partial charge in [-0.05, 0) is 19.8 Å². The lowest BCUT2D eigenvalue weighted by molar-refractivity contribution is 0.183. The van der Waals surface area contributed by atoms with Gasteiger partial charge in [0.05, 0.1) is 13.2 Å². The molecule has 7 nitrogen and oxygen atoms in total. The number of aromatic nitrogens is 3. The van der Waals surface area contributed by atoms with Gasteiger partial charge in [0.1, 0.15) is 0 Å². The van der Waals surface area contributed by atoms with Crippen LogP contribution in [-0.4, -0.2) is 47.9 Å². The van der Waals surface area contributed by atoms with Gasteiger partial charge in [0, 0.05) is 25.6 Å². The largest absolute Gasteiger partial charge is 0.463 e. The third-order valence-electron chi connectivity index (χ3n) is 3.30. The minimum absolute atomic E-state index is 0.253.